The van der Waals surface area contributed by atoms with Gasteiger partial charge in [0.2, 0.25) is 11.9 Å². The van der Waals surface area contributed by atoms with Gasteiger partial charge in [-0.05, 0) is 56.0 Å². The summed E-state index contributed by atoms with van der Waals surface area (Å²) in [5, 5.41) is 7.64. The lowest BCUT2D eigenvalue weighted by Gasteiger charge is -2.23. The molecule has 2 N–H and O–H groups in total. The zero-order valence-corrected chi connectivity index (χ0v) is 21.6. The third kappa shape index (κ3) is 6.63. The number of benzene rings is 2. The van der Waals surface area contributed by atoms with Crippen LogP contribution in [-0.2, 0) is 23.0 Å². The van der Waals surface area contributed by atoms with E-state index in [2.05, 4.69) is 20.6 Å². The van der Waals surface area contributed by atoms with Gasteiger partial charge < -0.3 is 19.4 Å². The summed E-state index contributed by atoms with van der Waals surface area (Å²) in [4.78, 5) is 34.7. The van der Waals surface area contributed by atoms with Crippen molar-refractivity contribution in [2.75, 3.05) is 12.4 Å². The van der Waals surface area contributed by atoms with E-state index in [1.807, 2.05) is 60.9 Å². The number of anilines is 1. The van der Waals surface area contributed by atoms with Crippen molar-refractivity contribution in [1.29, 1.82) is 0 Å². The van der Waals surface area contributed by atoms with Crippen molar-refractivity contribution in [3.05, 3.63) is 72.7 Å². The van der Waals surface area contributed by atoms with Crippen molar-refractivity contribution < 1.29 is 19.1 Å². The highest BCUT2D eigenvalue weighted by Gasteiger charge is 2.26. The zero-order chi connectivity index (χ0) is 26.6. The SMILES string of the molecule is COc1ccc(C[C@H](NC(=O)OC(C)(C)C)C(=O)Nc2nc(-c3ccc4cnccc4c3)cn2C)cc1. The number of ether oxygens (including phenoxy) is 2. The Bertz CT molecular complexity index is 1410. The van der Waals surface area contributed by atoms with Gasteiger partial charge in [-0.1, -0.05) is 24.3 Å². The number of hydrogen-bond donors (Lipinski definition) is 2. The second-order valence-electron chi connectivity index (χ2n) is 9.74. The molecule has 0 saturated heterocycles. The Hall–Kier alpha value is -4.40. The number of nitrogens with zero attached hydrogens (tertiary/aromatic N) is 3. The summed E-state index contributed by atoms with van der Waals surface area (Å²) in [7, 11) is 3.39. The van der Waals surface area contributed by atoms with Crippen LogP contribution in [0.3, 0.4) is 0 Å². The van der Waals surface area contributed by atoms with Crippen molar-refractivity contribution in [1.82, 2.24) is 19.9 Å². The number of nitrogens with one attached hydrogen (secondary N) is 2. The lowest BCUT2D eigenvalue weighted by atomic mass is 10.1. The number of alkyl carbamates (subject to hydrolysis) is 1. The molecule has 1 atom stereocenters. The summed E-state index contributed by atoms with van der Waals surface area (Å²) < 4.78 is 12.3. The van der Waals surface area contributed by atoms with E-state index >= 15 is 0 Å². The molecule has 2 aromatic carbocycles. The molecule has 2 amide bonds. The highest BCUT2D eigenvalue weighted by molar-refractivity contribution is 5.96. The number of aromatic nitrogens is 3. The van der Waals surface area contributed by atoms with Crippen LogP contribution < -0.4 is 15.4 Å². The predicted molar refractivity (Wildman–Crippen MR) is 142 cm³/mol. The lowest BCUT2D eigenvalue weighted by Crippen LogP contribution is -2.47. The van der Waals surface area contributed by atoms with Gasteiger partial charge >= 0.3 is 6.09 Å². The van der Waals surface area contributed by atoms with Gasteiger partial charge in [0.25, 0.3) is 0 Å². The monoisotopic (exact) mass is 501 g/mol. The van der Waals surface area contributed by atoms with Crippen LogP contribution in [-0.4, -0.2) is 45.3 Å². The second-order valence-corrected chi connectivity index (χ2v) is 9.74. The number of hydrogen-bond acceptors (Lipinski definition) is 6. The first-order valence-corrected chi connectivity index (χ1v) is 11.9. The molecule has 0 aliphatic rings. The van der Waals surface area contributed by atoms with Gasteiger partial charge in [-0.25, -0.2) is 9.78 Å². The van der Waals surface area contributed by atoms with E-state index in [0.29, 0.717) is 17.4 Å². The number of imidazole rings is 1. The predicted octanol–water partition coefficient (Wildman–Crippen LogP) is 4.72. The Balaban J connectivity index is 1.54. The van der Waals surface area contributed by atoms with Crippen LogP contribution in [0.4, 0.5) is 10.7 Å². The number of methoxy groups -OCH3 is 1. The molecule has 0 unspecified atom stereocenters. The van der Waals surface area contributed by atoms with Crippen LogP contribution in [0.15, 0.2) is 67.1 Å². The average molecular weight is 502 g/mol. The first-order valence-electron chi connectivity index (χ1n) is 11.9. The second kappa shape index (κ2) is 10.7. The van der Waals surface area contributed by atoms with Gasteiger partial charge in [-0.2, -0.15) is 0 Å². The van der Waals surface area contributed by atoms with Gasteiger partial charge in [0.05, 0.1) is 12.8 Å². The molecule has 0 fully saturated rings. The third-order valence-electron chi connectivity index (χ3n) is 5.65. The number of fused-ring (bicyclic) bond motifs is 1. The van der Waals surface area contributed by atoms with Gasteiger partial charge in [0.1, 0.15) is 17.4 Å². The van der Waals surface area contributed by atoms with Crippen molar-refractivity contribution in [3.8, 4) is 17.0 Å². The van der Waals surface area contributed by atoms with Gasteiger partial charge in [-0.15, -0.1) is 0 Å². The number of rotatable bonds is 7. The number of carbonyl (C=O) groups is 2. The van der Waals surface area contributed by atoms with Crippen molar-refractivity contribution in [2.45, 2.75) is 38.8 Å². The topological polar surface area (TPSA) is 107 Å². The molecule has 9 heteroatoms. The summed E-state index contributed by atoms with van der Waals surface area (Å²) in [6.07, 6.45) is 4.98. The highest BCUT2D eigenvalue weighted by Crippen LogP contribution is 2.25. The molecule has 0 spiro atoms. The number of aryl methyl sites for hydroxylation is 1. The molecule has 0 saturated carbocycles. The van der Waals surface area contributed by atoms with Gasteiger partial charge in [0, 0.05) is 43.0 Å². The molecule has 0 aliphatic carbocycles. The first kappa shape index (κ1) is 25.7. The largest absolute Gasteiger partial charge is 0.497 e. The minimum atomic E-state index is -0.892. The molecule has 9 nitrogen and oxygen atoms in total. The standard InChI is InChI=1S/C28H31N5O4/c1-28(2,3)37-27(35)31-23(14-18-6-10-22(36-5)11-7-18)25(34)32-26-30-24(17-33(26)4)20-8-9-21-16-29-13-12-19(21)15-20/h6-13,15-17,23H,14H2,1-5H3,(H,31,35)(H,30,32,34)/t23-/m0/s1. The zero-order valence-electron chi connectivity index (χ0n) is 21.6. The van der Waals surface area contributed by atoms with Gasteiger partial charge in [-0.3, -0.25) is 15.1 Å². The van der Waals surface area contributed by atoms with E-state index in [4.69, 9.17) is 9.47 Å². The summed E-state index contributed by atoms with van der Waals surface area (Å²) in [5.41, 5.74) is 1.78. The van der Waals surface area contributed by atoms with Crippen molar-refractivity contribution in [3.63, 3.8) is 0 Å². The van der Waals surface area contributed by atoms with E-state index in [0.717, 1.165) is 21.9 Å². The first-order chi connectivity index (χ1) is 17.6. The summed E-state index contributed by atoms with van der Waals surface area (Å²) in [6.45, 7) is 5.30. The Morgan fingerprint density at radius 3 is 2.51 bits per heavy atom. The van der Waals surface area contributed by atoms with Crippen LogP contribution in [0, 0.1) is 0 Å². The van der Waals surface area contributed by atoms with Crippen LogP contribution >= 0.6 is 0 Å². The van der Waals surface area contributed by atoms with Crippen LogP contribution in [0.5, 0.6) is 5.75 Å². The maximum absolute atomic E-state index is 13.3. The summed E-state index contributed by atoms with van der Waals surface area (Å²) in [6, 6.07) is 14.3. The number of carbonyl (C=O) groups excluding carboxylic acids is 2. The fourth-order valence-electron chi connectivity index (χ4n) is 3.82. The van der Waals surface area contributed by atoms with E-state index in [-0.39, 0.29) is 6.42 Å². The van der Waals surface area contributed by atoms with E-state index in [1.54, 1.807) is 45.7 Å². The van der Waals surface area contributed by atoms with Crippen molar-refractivity contribution in [2.24, 2.45) is 7.05 Å². The average Bonchev–Trinajstić information content (AvgIpc) is 3.22. The van der Waals surface area contributed by atoms with Gasteiger partial charge in [0.15, 0.2) is 0 Å². The Kier molecular flexibility index (Phi) is 7.42. The number of amides is 2. The Morgan fingerprint density at radius 1 is 1.05 bits per heavy atom. The Morgan fingerprint density at radius 2 is 1.81 bits per heavy atom. The molecule has 4 rings (SSSR count). The summed E-state index contributed by atoms with van der Waals surface area (Å²) >= 11 is 0. The minimum Gasteiger partial charge on any atom is -0.497 e. The molecule has 0 bridgehead atoms. The molecule has 2 heterocycles. The van der Waals surface area contributed by atoms with E-state index in [1.165, 1.54) is 0 Å². The lowest BCUT2D eigenvalue weighted by molar-refractivity contribution is -0.118. The molecule has 0 radical (unpaired) electrons. The maximum atomic E-state index is 13.3. The van der Waals surface area contributed by atoms with E-state index in [9.17, 15) is 9.59 Å². The number of pyridine rings is 1. The molecule has 4 aromatic rings. The fraction of sp³-hybridized carbons (Fsp3) is 0.286. The molecular formula is C28H31N5O4. The minimum absolute atomic E-state index is 0.255. The molecular weight excluding hydrogens is 470 g/mol. The quantitative estimate of drug-likeness (QED) is 0.380. The summed E-state index contributed by atoms with van der Waals surface area (Å²) in [5.74, 6) is 0.655. The molecule has 2 aromatic heterocycles. The Labute approximate surface area is 215 Å². The maximum Gasteiger partial charge on any atom is 0.408 e. The van der Waals surface area contributed by atoms with E-state index < -0.39 is 23.6 Å². The fourth-order valence-corrected chi connectivity index (χ4v) is 3.82. The van der Waals surface area contributed by atoms with Crippen LogP contribution in [0.1, 0.15) is 26.3 Å². The van der Waals surface area contributed by atoms with Crippen LogP contribution in [0.2, 0.25) is 0 Å². The smallest absolute Gasteiger partial charge is 0.408 e. The highest BCUT2D eigenvalue weighted by atomic mass is 16.6. The van der Waals surface area contributed by atoms with Crippen LogP contribution in [0.25, 0.3) is 22.0 Å². The molecule has 37 heavy (non-hydrogen) atoms. The molecule has 192 valence electrons. The normalized spacial score (nSPS) is 12.1. The molecule has 0 aliphatic heterocycles. The van der Waals surface area contributed by atoms with Crippen molar-refractivity contribution >= 4 is 28.7 Å². The third-order valence-corrected chi connectivity index (χ3v) is 5.65.